The van der Waals surface area contributed by atoms with Crippen molar-refractivity contribution in [2.24, 2.45) is 5.92 Å². The smallest absolute Gasteiger partial charge is 0.372 e. The minimum Gasteiger partial charge on any atom is -0.372 e. The van der Waals surface area contributed by atoms with Crippen LogP contribution in [0.4, 0.5) is 30.2 Å². The predicted molar refractivity (Wildman–Crippen MR) is 177 cm³/mol. The fraction of sp³-hybridized carbons (Fsp3) is 0.294. The number of thioether (sulfide) groups is 1. The average Bonchev–Trinajstić information content (AvgIpc) is 3.47. The Morgan fingerprint density at radius 1 is 0.936 bits per heavy atom. The van der Waals surface area contributed by atoms with Crippen LogP contribution < -0.4 is 20.0 Å². The van der Waals surface area contributed by atoms with Crippen molar-refractivity contribution < 1.29 is 27.6 Å². The summed E-state index contributed by atoms with van der Waals surface area (Å²) in [5.41, 5.74) is 1.45. The van der Waals surface area contributed by atoms with Crippen molar-refractivity contribution in [3.8, 4) is 0 Å². The molecule has 3 amide bonds. The second-order valence-electron chi connectivity index (χ2n) is 11.4. The van der Waals surface area contributed by atoms with Gasteiger partial charge in [0.25, 0.3) is 0 Å². The maximum absolute atomic E-state index is 14.2. The number of carbonyl (C=O) groups excluding carboxylic acids is 3. The molecule has 2 aliphatic rings. The molecule has 1 N–H and O–H groups in total. The normalized spacial score (nSPS) is 19.0. The van der Waals surface area contributed by atoms with Gasteiger partial charge in [0.2, 0.25) is 17.7 Å². The number of halogens is 3. The molecule has 4 aromatic rings. The van der Waals surface area contributed by atoms with E-state index in [1.54, 1.807) is 18.2 Å². The largest absolute Gasteiger partial charge is 0.418 e. The summed E-state index contributed by atoms with van der Waals surface area (Å²) < 4.78 is 43.5. The third-order valence-electron chi connectivity index (χ3n) is 8.48. The average molecular weight is 681 g/mol. The fourth-order valence-electron chi connectivity index (χ4n) is 6.31. The Balaban J connectivity index is 1.44. The minimum absolute atomic E-state index is 0.348. The Kier molecular flexibility index (Phi) is 8.79. The van der Waals surface area contributed by atoms with E-state index in [2.05, 4.69) is 10.2 Å². The molecule has 47 heavy (non-hydrogen) atoms. The van der Waals surface area contributed by atoms with Gasteiger partial charge in [-0.25, -0.2) is 4.90 Å². The first kappa shape index (κ1) is 32.6. The van der Waals surface area contributed by atoms with E-state index in [4.69, 9.17) is 0 Å². The summed E-state index contributed by atoms with van der Waals surface area (Å²) >= 11 is 1.84. The molecule has 0 saturated carbocycles. The van der Waals surface area contributed by atoms with Gasteiger partial charge in [0.15, 0.2) is 0 Å². The van der Waals surface area contributed by atoms with Crippen LogP contribution in [-0.4, -0.2) is 40.6 Å². The van der Waals surface area contributed by atoms with Crippen molar-refractivity contribution in [3.05, 3.63) is 104 Å². The van der Waals surface area contributed by atoms with Crippen LogP contribution in [0.3, 0.4) is 0 Å². The number of para-hydroxylation sites is 1. The summed E-state index contributed by atoms with van der Waals surface area (Å²) in [5, 5.41) is 2.02. The van der Waals surface area contributed by atoms with E-state index in [1.165, 1.54) is 16.7 Å². The van der Waals surface area contributed by atoms with Crippen LogP contribution in [0.25, 0.3) is 0 Å². The van der Waals surface area contributed by atoms with E-state index >= 15 is 0 Å². The first-order valence-electron chi connectivity index (χ1n) is 15.1. The lowest BCUT2D eigenvalue weighted by Crippen LogP contribution is -2.33. The number of anilines is 3. The molecule has 0 bridgehead atoms. The highest BCUT2D eigenvalue weighted by Crippen LogP contribution is 2.54. The molecule has 1 aromatic heterocycles. The lowest BCUT2D eigenvalue weighted by Gasteiger charge is -2.31. The number of thiazole rings is 1. The molecule has 8 nitrogen and oxygen atoms in total. The van der Waals surface area contributed by atoms with E-state index in [0.29, 0.717) is 26.1 Å². The van der Waals surface area contributed by atoms with Crippen LogP contribution in [0, 0.1) is 12.8 Å². The molecule has 1 saturated heterocycles. The molecule has 6 rings (SSSR count). The van der Waals surface area contributed by atoms with Crippen LogP contribution in [0.1, 0.15) is 41.3 Å². The molecule has 3 atom stereocenters. The van der Waals surface area contributed by atoms with Gasteiger partial charge in [-0.15, -0.1) is 0 Å². The molecule has 3 unspecified atom stereocenters. The highest BCUT2D eigenvalue weighted by Gasteiger charge is 2.57. The fourth-order valence-corrected chi connectivity index (χ4v) is 9.08. The van der Waals surface area contributed by atoms with Crippen LogP contribution >= 0.6 is 23.1 Å². The summed E-state index contributed by atoms with van der Waals surface area (Å²) in [6.07, 6.45) is -4.80. The zero-order valence-corrected chi connectivity index (χ0v) is 27.3. The highest BCUT2D eigenvalue weighted by atomic mass is 32.2. The van der Waals surface area contributed by atoms with E-state index in [9.17, 15) is 32.3 Å². The topological polar surface area (TPSA) is 91.7 Å². The molecule has 1 fully saturated rings. The molecule has 2 aliphatic heterocycles. The quantitative estimate of drug-likeness (QED) is 0.213. The number of nitrogens with zero attached hydrogens (tertiary/aromatic N) is 3. The second-order valence-corrected chi connectivity index (χ2v) is 13.5. The van der Waals surface area contributed by atoms with Crippen molar-refractivity contribution in [2.75, 3.05) is 28.2 Å². The van der Waals surface area contributed by atoms with Gasteiger partial charge in [-0.1, -0.05) is 59.5 Å². The number of rotatable bonds is 8. The molecule has 3 heterocycles. The predicted octanol–water partition coefficient (Wildman–Crippen LogP) is 6.52. The number of amides is 3. The number of carbonyl (C=O) groups is 3. The summed E-state index contributed by atoms with van der Waals surface area (Å²) in [7, 11) is 0. The summed E-state index contributed by atoms with van der Waals surface area (Å²) in [5.74, 6) is -3.91. The van der Waals surface area contributed by atoms with Gasteiger partial charge in [0, 0.05) is 35.3 Å². The molecular weight excluding hydrogens is 650 g/mol. The number of hydrogen-bond donors (Lipinski definition) is 1. The lowest BCUT2D eigenvalue weighted by atomic mass is 9.83. The van der Waals surface area contributed by atoms with Crippen molar-refractivity contribution in [1.82, 2.24) is 4.57 Å². The number of fused-ring (bicyclic) bond motifs is 2. The zero-order chi connectivity index (χ0) is 33.6. The number of aromatic nitrogens is 1. The number of hydrogen-bond acceptors (Lipinski definition) is 7. The Morgan fingerprint density at radius 2 is 1.64 bits per heavy atom. The second kappa shape index (κ2) is 12.7. The van der Waals surface area contributed by atoms with Gasteiger partial charge in [-0.05, 0) is 68.3 Å². The standard InChI is InChI=1S/C34H31F3N4O4S2/c1-4-39(5-2)22-15-13-20(14-16-22)26-27-28(31(44)41(30(27)43)24-12-7-6-11-23(24)34(35,36)37)46-32-29(26)47-33(45)40(32)18-25(42)38-21-10-8-9-19(3)17-21/h6-17,26-28H,4-5,18H2,1-3H3,(H,38,42). The highest BCUT2D eigenvalue weighted by molar-refractivity contribution is 8.00. The van der Waals surface area contributed by atoms with E-state index in [-0.39, 0.29) is 6.54 Å². The Labute approximate surface area is 277 Å². The van der Waals surface area contributed by atoms with Gasteiger partial charge in [-0.2, -0.15) is 13.2 Å². The van der Waals surface area contributed by atoms with Crippen molar-refractivity contribution >= 4 is 57.9 Å². The van der Waals surface area contributed by atoms with Crippen molar-refractivity contribution in [2.45, 2.75) is 49.7 Å². The lowest BCUT2D eigenvalue weighted by molar-refractivity contribution is -0.137. The molecular formula is C34H31F3N4O4S2. The van der Waals surface area contributed by atoms with Gasteiger partial charge in [0.1, 0.15) is 11.8 Å². The number of benzene rings is 3. The van der Waals surface area contributed by atoms with Crippen molar-refractivity contribution in [3.63, 3.8) is 0 Å². The van der Waals surface area contributed by atoms with Gasteiger partial charge in [0.05, 0.1) is 22.2 Å². The Bertz CT molecular complexity index is 1920. The van der Waals surface area contributed by atoms with Gasteiger partial charge < -0.3 is 10.2 Å². The molecule has 0 spiro atoms. The maximum atomic E-state index is 14.2. The van der Waals surface area contributed by atoms with E-state index < -0.39 is 57.1 Å². The third-order valence-corrected chi connectivity index (χ3v) is 11.1. The van der Waals surface area contributed by atoms with Gasteiger partial charge >= 0.3 is 11.0 Å². The van der Waals surface area contributed by atoms with Crippen molar-refractivity contribution in [1.29, 1.82) is 0 Å². The summed E-state index contributed by atoms with van der Waals surface area (Å²) in [6.45, 7) is 7.11. The molecule has 13 heteroatoms. The van der Waals surface area contributed by atoms with Crippen LogP contribution in [0.15, 0.2) is 82.6 Å². The SMILES string of the molecule is CCN(CC)c1ccc(C2c3sc(=O)n(CC(=O)Nc4cccc(C)c4)c3SC3C(=O)N(c4ccccc4C(F)(F)F)C(=O)C32)cc1. The zero-order valence-electron chi connectivity index (χ0n) is 25.7. The monoisotopic (exact) mass is 680 g/mol. The Morgan fingerprint density at radius 3 is 2.30 bits per heavy atom. The summed E-state index contributed by atoms with van der Waals surface area (Å²) in [4.78, 5) is 57.6. The first-order chi connectivity index (χ1) is 22.4. The number of nitrogens with one attached hydrogen (secondary N) is 1. The molecule has 0 aliphatic carbocycles. The number of alkyl halides is 3. The molecule has 0 radical (unpaired) electrons. The van der Waals surface area contributed by atoms with E-state index in [0.717, 1.165) is 59.6 Å². The first-order valence-corrected chi connectivity index (χ1v) is 16.8. The van der Waals surface area contributed by atoms with E-state index in [1.807, 2.05) is 51.1 Å². The maximum Gasteiger partial charge on any atom is 0.418 e. The Hall–Kier alpha value is -4.36. The van der Waals surface area contributed by atoms with Gasteiger partial charge in [-0.3, -0.25) is 23.7 Å². The minimum atomic E-state index is -4.80. The van der Waals surface area contributed by atoms with Crippen LogP contribution in [0.5, 0.6) is 0 Å². The third kappa shape index (κ3) is 5.98. The number of imide groups is 1. The van der Waals surface area contributed by atoms with Crippen LogP contribution in [0.2, 0.25) is 0 Å². The van der Waals surface area contributed by atoms with Crippen LogP contribution in [-0.2, 0) is 27.1 Å². The molecule has 244 valence electrons. The molecule has 3 aromatic carbocycles. The summed E-state index contributed by atoms with van der Waals surface area (Å²) in [6, 6.07) is 19.2. The number of aryl methyl sites for hydroxylation is 1.